The number of nitrogens with two attached hydrogens (primary N) is 1. The van der Waals surface area contributed by atoms with Crippen molar-refractivity contribution in [1.29, 1.82) is 0 Å². The molecule has 0 saturated heterocycles. The molecule has 0 aromatic rings. The zero-order valence-corrected chi connectivity index (χ0v) is 12.5. The summed E-state index contributed by atoms with van der Waals surface area (Å²) in [6.45, 7) is 7.64. The van der Waals surface area contributed by atoms with E-state index >= 15 is 0 Å². The van der Waals surface area contributed by atoms with E-state index < -0.39 is 0 Å². The van der Waals surface area contributed by atoms with Gasteiger partial charge in [-0.05, 0) is 38.1 Å². The lowest BCUT2D eigenvalue weighted by Gasteiger charge is -2.31. The standard InChI is InChI=1S/C15H32N2O/c1-13(2)8-10-17(15-6-4-5-7-15)12-14(16)9-11-18-3/h13-15H,4-12,16H2,1-3H3. The largest absolute Gasteiger partial charge is 0.385 e. The Kier molecular flexibility index (Phi) is 7.87. The summed E-state index contributed by atoms with van der Waals surface area (Å²) >= 11 is 0. The van der Waals surface area contributed by atoms with Crippen LogP contribution in [-0.4, -0.2) is 43.8 Å². The van der Waals surface area contributed by atoms with E-state index in [1.165, 1.54) is 38.6 Å². The first kappa shape index (κ1) is 15.9. The van der Waals surface area contributed by atoms with Gasteiger partial charge in [-0.2, -0.15) is 0 Å². The van der Waals surface area contributed by atoms with Gasteiger partial charge < -0.3 is 10.5 Å². The topological polar surface area (TPSA) is 38.5 Å². The lowest BCUT2D eigenvalue weighted by Crippen LogP contribution is -2.43. The fourth-order valence-corrected chi connectivity index (χ4v) is 2.78. The van der Waals surface area contributed by atoms with Gasteiger partial charge in [0.05, 0.1) is 0 Å². The van der Waals surface area contributed by atoms with Crippen molar-refractivity contribution in [1.82, 2.24) is 4.90 Å². The minimum Gasteiger partial charge on any atom is -0.385 e. The first-order valence-corrected chi connectivity index (χ1v) is 7.62. The average molecular weight is 256 g/mol. The van der Waals surface area contributed by atoms with Gasteiger partial charge in [-0.15, -0.1) is 0 Å². The maximum absolute atomic E-state index is 6.21. The van der Waals surface area contributed by atoms with Gasteiger partial charge in [0.15, 0.2) is 0 Å². The van der Waals surface area contributed by atoms with Crippen molar-refractivity contribution >= 4 is 0 Å². The highest BCUT2D eigenvalue weighted by Crippen LogP contribution is 2.24. The highest BCUT2D eigenvalue weighted by atomic mass is 16.5. The summed E-state index contributed by atoms with van der Waals surface area (Å²) in [5.41, 5.74) is 6.21. The van der Waals surface area contributed by atoms with Crippen LogP contribution < -0.4 is 5.73 Å². The molecule has 1 saturated carbocycles. The monoisotopic (exact) mass is 256 g/mol. The molecule has 0 spiro atoms. The van der Waals surface area contributed by atoms with Gasteiger partial charge in [0.1, 0.15) is 0 Å². The number of hydrogen-bond donors (Lipinski definition) is 1. The van der Waals surface area contributed by atoms with Gasteiger partial charge in [-0.3, -0.25) is 4.90 Å². The van der Waals surface area contributed by atoms with Crippen molar-refractivity contribution in [2.24, 2.45) is 11.7 Å². The third-order valence-corrected chi connectivity index (χ3v) is 4.00. The van der Waals surface area contributed by atoms with E-state index in [1.54, 1.807) is 7.11 Å². The van der Waals surface area contributed by atoms with Crippen molar-refractivity contribution in [2.75, 3.05) is 26.8 Å². The second-order valence-electron chi connectivity index (χ2n) is 6.16. The number of hydrogen-bond acceptors (Lipinski definition) is 3. The Balaban J connectivity index is 2.37. The molecular weight excluding hydrogens is 224 g/mol. The molecule has 108 valence electrons. The molecule has 3 heteroatoms. The Morgan fingerprint density at radius 1 is 1.22 bits per heavy atom. The predicted octanol–water partition coefficient (Wildman–Crippen LogP) is 2.64. The highest BCUT2D eigenvalue weighted by Gasteiger charge is 2.23. The highest BCUT2D eigenvalue weighted by molar-refractivity contribution is 4.80. The third-order valence-electron chi connectivity index (χ3n) is 4.00. The van der Waals surface area contributed by atoms with Crippen molar-refractivity contribution < 1.29 is 4.74 Å². The minimum atomic E-state index is 0.262. The van der Waals surface area contributed by atoms with E-state index in [1.807, 2.05) is 0 Å². The smallest absolute Gasteiger partial charge is 0.0477 e. The van der Waals surface area contributed by atoms with E-state index in [-0.39, 0.29) is 6.04 Å². The lowest BCUT2D eigenvalue weighted by molar-refractivity contribution is 0.151. The Labute approximate surface area is 113 Å². The van der Waals surface area contributed by atoms with E-state index in [9.17, 15) is 0 Å². The molecule has 0 radical (unpaired) electrons. The first-order valence-electron chi connectivity index (χ1n) is 7.62. The number of rotatable bonds is 9. The Bertz CT molecular complexity index is 203. The predicted molar refractivity (Wildman–Crippen MR) is 77.8 cm³/mol. The Morgan fingerprint density at radius 3 is 2.44 bits per heavy atom. The molecule has 0 aromatic carbocycles. The SMILES string of the molecule is COCCC(N)CN(CCC(C)C)C1CCCC1. The van der Waals surface area contributed by atoms with Crippen LogP contribution in [0.1, 0.15) is 52.4 Å². The van der Waals surface area contributed by atoms with Crippen LogP contribution in [0.25, 0.3) is 0 Å². The zero-order chi connectivity index (χ0) is 13.4. The molecule has 0 aromatic heterocycles. The molecule has 0 amide bonds. The normalized spacial score (nSPS) is 19.0. The van der Waals surface area contributed by atoms with Crippen LogP contribution in [0, 0.1) is 5.92 Å². The summed E-state index contributed by atoms with van der Waals surface area (Å²) in [6, 6.07) is 1.05. The van der Waals surface area contributed by atoms with Crippen molar-refractivity contribution in [2.45, 2.75) is 64.5 Å². The third kappa shape index (κ3) is 6.17. The maximum Gasteiger partial charge on any atom is 0.0477 e. The second kappa shape index (κ2) is 8.89. The van der Waals surface area contributed by atoms with Crippen LogP contribution in [0.3, 0.4) is 0 Å². The molecule has 1 fully saturated rings. The van der Waals surface area contributed by atoms with Crippen molar-refractivity contribution in [3.63, 3.8) is 0 Å². The molecule has 0 heterocycles. The van der Waals surface area contributed by atoms with E-state index in [0.717, 1.165) is 31.5 Å². The summed E-state index contributed by atoms with van der Waals surface area (Å²) < 4.78 is 5.12. The average Bonchev–Trinajstić information content (AvgIpc) is 2.85. The molecule has 0 aliphatic heterocycles. The van der Waals surface area contributed by atoms with E-state index in [0.29, 0.717) is 0 Å². The maximum atomic E-state index is 6.21. The number of nitrogens with zero attached hydrogens (tertiary/aromatic N) is 1. The molecule has 0 bridgehead atoms. The van der Waals surface area contributed by atoms with Gasteiger partial charge in [0, 0.05) is 32.3 Å². The van der Waals surface area contributed by atoms with Gasteiger partial charge in [0.25, 0.3) is 0 Å². The molecule has 2 N–H and O–H groups in total. The van der Waals surface area contributed by atoms with Gasteiger partial charge in [-0.1, -0.05) is 26.7 Å². The van der Waals surface area contributed by atoms with Crippen LogP contribution in [0.2, 0.25) is 0 Å². The molecular formula is C15H32N2O. The van der Waals surface area contributed by atoms with Gasteiger partial charge in [-0.25, -0.2) is 0 Å². The molecule has 3 nitrogen and oxygen atoms in total. The Hall–Kier alpha value is -0.120. The summed E-state index contributed by atoms with van der Waals surface area (Å²) in [5, 5.41) is 0. The fourth-order valence-electron chi connectivity index (χ4n) is 2.78. The van der Waals surface area contributed by atoms with Crippen molar-refractivity contribution in [3.05, 3.63) is 0 Å². The summed E-state index contributed by atoms with van der Waals surface area (Å²) in [5.74, 6) is 0.782. The molecule has 1 rings (SSSR count). The van der Waals surface area contributed by atoms with Crippen LogP contribution in [-0.2, 0) is 4.74 Å². The number of ether oxygens (including phenoxy) is 1. The Morgan fingerprint density at radius 2 is 1.89 bits per heavy atom. The van der Waals surface area contributed by atoms with Gasteiger partial charge in [0.2, 0.25) is 0 Å². The summed E-state index contributed by atoms with van der Waals surface area (Å²) in [4.78, 5) is 2.65. The van der Waals surface area contributed by atoms with E-state index in [4.69, 9.17) is 10.5 Å². The molecule has 1 atom stereocenters. The van der Waals surface area contributed by atoms with Crippen LogP contribution in [0.5, 0.6) is 0 Å². The molecule has 1 aliphatic rings. The molecule has 1 aliphatic carbocycles. The minimum absolute atomic E-state index is 0.262. The quantitative estimate of drug-likeness (QED) is 0.689. The summed E-state index contributed by atoms with van der Waals surface area (Å²) in [6.07, 6.45) is 7.80. The first-order chi connectivity index (χ1) is 8.63. The van der Waals surface area contributed by atoms with Crippen LogP contribution >= 0.6 is 0 Å². The molecule has 1 unspecified atom stereocenters. The van der Waals surface area contributed by atoms with E-state index in [2.05, 4.69) is 18.7 Å². The molecule has 18 heavy (non-hydrogen) atoms. The van der Waals surface area contributed by atoms with Crippen molar-refractivity contribution in [3.8, 4) is 0 Å². The van der Waals surface area contributed by atoms with Gasteiger partial charge >= 0.3 is 0 Å². The fraction of sp³-hybridized carbons (Fsp3) is 1.00. The zero-order valence-electron chi connectivity index (χ0n) is 12.5. The van der Waals surface area contributed by atoms with Crippen LogP contribution in [0.4, 0.5) is 0 Å². The second-order valence-corrected chi connectivity index (χ2v) is 6.16. The number of methoxy groups -OCH3 is 1. The van der Waals surface area contributed by atoms with Crippen LogP contribution in [0.15, 0.2) is 0 Å². The lowest BCUT2D eigenvalue weighted by atomic mass is 10.1. The summed E-state index contributed by atoms with van der Waals surface area (Å²) in [7, 11) is 1.75.